The fraction of sp³-hybridized carbons (Fsp3) is 0.500. The summed E-state index contributed by atoms with van der Waals surface area (Å²) < 4.78 is 18.7. The van der Waals surface area contributed by atoms with Crippen molar-refractivity contribution in [3.05, 3.63) is 29.6 Å². The van der Waals surface area contributed by atoms with Gasteiger partial charge < -0.3 is 14.9 Å². The van der Waals surface area contributed by atoms with Crippen molar-refractivity contribution < 1.29 is 19.3 Å². The van der Waals surface area contributed by atoms with Gasteiger partial charge in [-0.2, -0.15) is 0 Å². The van der Waals surface area contributed by atoms with Crippen LogP contribution in [0.2, 0.25) is 0 Å². The number of hydrogen-bond acceptors (Lipinski definition) is 3. The number of halogens is 1. The van der Waals surface area contributed by atoms with Crippen LogP contribution in [0.15, 0.2) is 18.2 Å². The van der Waals surface area contributed by atoms with E-state index in [9.17, 15) is 9.50 Å². The average molecular weight is 224 g/mol. The summed E-state index contributed by atoms with van der Waals surface area (Å²) >= 11 is 0. The van der Waals surface area contributed by atoms with E-state index >= 15 is 0 Å². The number of aliphatic hydroxyl groups excluding tert-OH is 1. The summed E-state index contributed by atoms with van der Waals surface area (Å²) in [6.45, 7) is -0.288. The highest BCUT2D eigenvalue weighted by Gasteiger charge is 2.70. The van der Waals surface area contributed by atoms with Crippen molar-refractivity contribution in [2.24, 2.45) is 0 Å². The molecule has 1 aromatic rings. The molecule has 16 heavy (non-hydrogen) atoms. The maximum atomic E-state index is 13.0. The van der Waals surface area contributed by atoms with Gasteiger partial charge in [-0.15, -0.1) is 0 Å². The third kappa shape index (κ3) is 1.20. The Hall–Kier alpha value is -1.13. The molecule has 1 aliphatic carbocycles. The maximum Gasteiger partial charge on any atom is 0.143 e. The second kappa shape index (κ2) is 2.96. The van der Waals surface area contributed by atoms with Crippen LogP contribution in [0.5, 0.6) is 5.75 Å². The van der Waals surface area contributed by atoms with E-state index in [1.807, 2.05) is 0 Å². The second-order valence-electron chi connectivity index (χ2n) is 4.71. The highest BCUT2D eigenvalue weighted by molar-refractivity contribution is 5.40. The van der Waals surface area contributed by atoms with Crippen LogP contribution in [0.3, 0.4) is 0 Å². The van der Waals surface area contributed by atoms with Crippen molar-refractivity contribution in [1.29, 1.82) is 0 Å². The topological polar surface area (TPSA) is 49.7 Å². The molecule has 2 N–H and O–H groups in total. The molecule has 1 aromatic carbocycles. The standard InChI is InChI=1S/C12H13FO3/c13-9-1-2-10-8(5-9)3-4-12(16-10)6-11(12,15)7-14/h1-2,5,14-15H,3-4,6-7H2/t11-,12-/m1/s1. The predicted octanol–water partition coefficient (Wildman–Crippen LogP) is 1.02. The van der Waals surface area contributed by atoms with Gasteiger partial charge in [0.05, 0.1) is 6.61 Å². The van der Waals surface area contributed by atoms with Gasteiger partial charge in [0, 0.05) is 6.42 Å². The van der Waals surface area contributed by atoms with Crippen molar-refractivity contribution in [2.45, 2.75) is 30.5 Å². The summed E-state index contributed by atoms with van der Waals surface area (Å²) in [5, 5.41) is 19.0. The van der Waals surface area contributed by atoms with Crippen molar-refractivity contribution in [2.75, 3.05) is 6.61 Å². The Kier molecular flexibility index (Phi) is 1.86. The molecule has 1 heterocycles. The molecule has 1 saturated carbocycles. The van der Waals surface area contributed by atoms with Crippen LogP contribution in [0.1, 0.15) is 18.4 Å². The average Bonchev–Trinajstić information content (AvgIpc) is 2.85. The van der Waals surface area contributed by atoms with Gasteiger partial charge in [-0.05, 0) is 36.6 Å². The Morgan fingerprint density at radius 3 is 2.94 bits per heavy atom. The fourth-order valence-electron chi connectivity index (χ4n) is 2.52. The summed E-state index contributed by atoms with van der Waals surface area (Å²) in [5.74, 6) is 0.351. The van der Waals surface area contributed by atoms with Crippen LogP contribution in [0.4, 0.5) is 4.39 Å². The van der Waals surface area contributed by atoms with Gasteiger partial charge in [0.15, 0.2) is 0 Å². The molecule has 3 rings (SSSR count). The molecule has 0 bridgehead atoms. The molecule has 0 amide bonds. The first-order valence-electron chi connectivity index (χ1n) is 5.39. The SMILES string of the molecule is OC[C@]1(O)C[C@]12CCc1cc(F)ccc1O2. The van der Waals surface area contributed by atoms with E-state index in [1.165, 1.54) is 12.1 Å². The molecular weight excluding hydrogens is 211 g/mol. The highest BCUT2D eigenvalue weighted by atomic mass is 19.1. The lowest BCUT2D eigenvalue weighted by Gasteiger charge is -2.28. The highest BCUT2D eigenvalue weighted by Crippen LogP contribution is 2.56. The van der Waals surface area contributed by atoms with Crippen LogP contribution in [0, 0.1) is 5.82 Å². The molecule has 0 aromatic heterocycles. The Morgan fingerprint density at radius 1 is 1.44 bits per heavy atom. The van der Waals surface area contributed by atoms with E-state index in [0.717, 1.165) is 5.56 Å². The van der Waals surface area contributed by atoms with Crippen molar-refractivity contribution in [3.63, 3.8) is 0 Å². The first-order chi connectivity index (χ1) is 7.59. The zero-order valence-corrected chi connectivity index (χ0v) is 8.74. The van der Waals surface area contributed by atoms with Crippen LogP contribution < -0.4 is 4.74 Å². The number of ether oxygens (including phenoxy) is 1. The van der Waals surface area contributed by atoms with Crippen LogP contribution in [-0.2, 0) is 6.42 Å². The predicted molar refractivity (Wildman–Crippen MR) is 54.7 cm³/mol. The normalized spacial score (nSPS) is 35.7. The summed E-state index contributed by atoms with van der Waals surface area (Å²) in [6.07, 6.45) is 1.75. The van der Waals surface area contributed by atoms with Gasteiger partial charge in [0.1, 0.15) is 22.8 Å². The molecule has 1 spiro atoms. The number of fused-ring (bicyclic) bond motifs is 1. The van der Waals surface area contributed by atoms with Crippen LogP contribution in [0.25, 0.3) is 0 Å². The molecule has 0 saturated heterocycles. The van der Waals surface area contributed by atoms with E-state index in [-0.39, 0.29) is 12.4 Å². The zero-order valence-electron chi connectivity index (χ0n) is 8.74. The lowest BCUT2D eigenvalue weighted by Crippen LogP contribution is -2.37. The van der Waals surface area contributed by atoms with E-state index in [1.54, 1.807) is 6.07 Å². The summed E-state index contributed by atoms with van der Waals surface area (Å²) in [7, 11) is 0. The molecule has 3 nitrogen and oxygen atoms in total. The molecular formula is C12H13FO3. The summed E-state index contributed by atoms with van der Waals surface area (Å²) in [5.41, 5.74) is -0.927. The number of hydrogen-bond donors (Lipinski definition) is 2. The Morgan fingerprint density at radius 2 is 2.25 bits per heavy atom. The quantitative estimate of drug-likeness (QED) is 0.748. The van der Waals surface area contributed by atoms with Gasteiger partial charge in [-0.1, -0.05) is 0 Å². The first-order valence-corrected chi connectivity index (χ1v) is 5.39. The van der Waals surface area contributed by atoms with E-state index in [4.69, 9.17) is 9.84 Å². The Balaban J connectivity index is 1.91. The largest absolute Gasteiger partial charge is 0.484 e. The van der Waals surface area contributed by atoms with Crippen LogP contribution >= 0.6 is 0 Å². The Bertz CT molecular complexity index is 448. The van der Waals surface area contributed by atoms with Crippen LogP contribution in [-0.4, -0.2) is 28.0 Å². The minimum Gasteiger partial charge on any atom is -0.484 e. The number of benzene rings is 1. The summed E-state index contributed by atoms with van der Waals surface area (Å²) in [4.78, 5) is 0. The van der Waals surface area contributed by atoms with Gasteiger partial charge in [0.2, 0.25) is 0 Å². The zero-order chi connectivity index (χ0) is 11.4. The van der Waals surface area contributed by atoms with E-state index < -0.39 is 11.2 Å². The van der Waals surface area contributed by atoms with Gasteiger partial charge >= 0.3 is 0 Å². The second-order valence-corrected chi connectivity index (χ2v) is 4.71. The van der Waals surface area contributed by atoms with Crippen molar-refractivity contribution in [1.82, 2.24) is 0 Å². The van der Waals surface area contributed by atoms with Crippen molar-refractivity contribution >= 4 is 0 Å². The fourth-order valence-corrected chi connectivity index (χ4v) is 2.52. The number of aliphatic hydroxyl groups is 2. The van der Waals surface area contributed by atoms with Crippen molar-refractivity contribution in [3.8, 4) is 5.75 Å². The third-order valence-corrected chi connectivity index (χ3v) is 3.69. The number of rotatable bonds is 1. The summed E-state index contributed by atoms with van der Waals surface area (Å²) in [6, 6.07) is 4.39. The minimum absolute atomic E-state index is 0.272. The lowest BCUT2D eigenvalue weighted by molar-refractivity contribution is -0.0107. The molecule has 1 aliphatic heterocycles. The van der Waals surface area contributed by atoms with E-state index in [2.05, 4.69) is 0 Å². The minimum atomic E-state index is -1.11. The number of aryl methyl sites for hydroxylation is 1. The maximum absolute atomic E-state index is 13.0. The van der Waals surface area contributed by atoms with Gasteiger partial charge in [-0.3, -0.25) is 0 Å². The monoisotopic (exact) mass is 224 g/mol. The van der Waals surface area contributed by atoms with Gasteiger partial charge in [0.25, 0.3) is 0 Å². The molecule has 2 atom stereocenters. The molecule has 2 aliphatic rings. The third-order valence-electron chi connectivity index (χ3n) is 3.69. The van der Waals surface area contributed by atoms with Gasteiger partial charge in [-0.25, -0.2) is 4.39 Å². The first kappa shape index (κ1) is 10.1. The molecule has 0 radical (unpaired) electrons. The lowest BCUT2D eigenvalue weighted by atomic mass is 9.98. The smallest absolute Gasteiger partial charge is 0.143 e. The molecule has 86 valence electrons. The van der Waals surface area contributed by atoms with E-state index in [0.29, 0.717) is 25.0 Å². The Labute approximate surface area is 92.5 Å². The molecule has 0 unspecified atom stereocenters. The molecule has 4 heteroatoms. The molecule has 1 fully saturated rings.